The molecule has 5 nitrogen and oxygen atoms in total. The van der Waals surface area contributed by atoms with Crippen LogP contribution in [0.1, 0.15) is 30.4 Å². The summed E-state index contributed by atoms with van der Waals surface area (Å²) in [7, 11) is 0. The number of anilines is 1. The average molecular weight is 342 g/mol. The number of rotatable bonds is 5. The summed E-state index contributed by atoms with van der Waals surface area (Å²) >= 11 is 0. The Kier molecular flexibility index (Phi) is 5.58. The standard InChI is InChI=1S/C19H23FN4O/c1-14-2-3-15(12-17(14)20)4-5-19(25)24-10-7-16(8-11-24)23-18-6-9-21-13-22-18/h2-3,6,9,12-13,16H,4-5,7-8,10-11H2,1H3,(H,21,22,23). The highest BCUT2D eigenvalue weighted by Gasteiger charge is 2.22. The smallest absolute Gasteiger partial charge is 0.222 e. The van der Waals surface area contributed by atoms with E-state index in [1.807, 2.05) is 17.0 Å². The highest BCUT2D eigenvalue weighted by Crippen LogP contribution is 2.17. The molecule has 1 N–H and O–H groups in total. The van der Waals surface area contributed by atoms with E-state index in [1.54, 1.807) is 19.2 Å². The second-order valence-electron chi connectivity index (χ2n) is 6.48. The van der Waals surface area contributed by atoms with Gasteiger partial charge < -0.3 is 10.2 Å². The fraction of sp³-hybridized carbons (Fsp3) is 0.421. The molecule has 0 spiro atoms. The highest BCUT2D eigenvalue weighted by molar-refractivity contribution is 5.76. The van der Waals surface area contributed by atoms with Crippen LogP contribution in [-0.4, -0.2) is 39.9 Å². The molecule has 1 saturated heterocycles. The van der Waals surface area contributed by atoms with Gasteiger partial charge in [0.25, 0.3) is 0 Å². The number of carbonyl (C=O) groups excluding carboxylic acids is 1. The number of hydrogen-bond donors (Lipinski definition) is 1. The fourth-order valence-electron chi connectivity index (χ4n) is 3.06. The van der Waals surface area contributed by atoms with E-state index in [0.717, 1.165) is 37.3 Å². The van der Waals surface area contributed by atoms with Crippen molar-refractivity contribution in [1.82, 2.24) is 14.9 Å². The largest absolute Gasteiger partial charge is 0.367 e. The van der Waals surface area contributed by atoms with Crippen molar-refractivity contribution in [3.63, 3.8) is 0 Å². The third kappa shape index (κ3) is 4.75. The molecule has 0 unspecified atom stereocenters. The van der Waals surface area contributed by atoms with Gasteiger partial charge in [-0.1, -0.05) is 12.1 Å². The zero-order chi connectivity index (χ0) is 17.6. The number of nitrogens with one attached hydrogen (secondary N) is 1. The van der Waals surface area contributed by atoms with Crippen LogP contribution in [0, 0.1) is 12.7 Å². The molecule has 0 radical (unpaired) electrons. The van der Waals surface area contributed by atoms with Crippen LogP contribution < -0.4 is 5.32 Å². The lowest BCUT2D eigenvalue weighted by Crippen LogP contribution is -2.42. The van der Waals surface area contributed by atoms with Crippen LogP contribution in [0.2, 0.25) is 0 Å². The van der Waals surface area contributed by atoms with Gasteiger partial charge >= 0.3 is 0 Å². The molecule has 1 aliphatic heterocycles. The molecule has 1 fully saturated rings. The number of likely N-dealkylation sites (tertiary alicyclic amines) is 1. The minimum Gasteiger partial charge on any atom is -0.367 e. The second-order valence-corrected chi connectivity index (χ2v) is 6.48. The van der Waals surface area contributed by atoms with E-state index < -0.39 is 0 Å². The number of halogens is 1. The zero-order valence-electron chi connectivity index (χ0n) is 14.4. The molecule has 0 aliphatic carbocycles. The van der Waals surface area contributed by atoms with Crippen LogP contribution in [0.4, 0.5) is 10.2 Å². The van der Waals surface area contributed by atoms with Crippen LogP contribution in [-0.2, 0) is 11.2 Å². The Morgan fingerprint density at radius 2 is 2.12 bits per heavy atom. The van der Waals surface area contributed by atoms with Gasteiger partial charge in [0.15, 0.2) is 0 Å². The molecule has 25 heavy (non-hydrogen) atoms. The van der Waals surface area contributed by atoms with Gasteiger partial charge in [-0.15, -0.1) is 0 Å². The van der Waals surface area contributed by atoms with E-state index in [1.165, 1.54) is 12.4 Å². The van der Waals surface area contributed by atoms with Gasteiger partial charge in [-0.3, -0.25) is 4.79 Å². The van der Waals surface area contributed by atoms with Crippen LogP contribution >= 0.6 is 0 Å². The molecule has 1 aromatic carbocycles. The monoisotopic (exact) mass is 342 g/mol. The van der Waals surface area contributed by atoms with E-state index in [0.29, 0.717) is 24.4 Å². The van der Waals surface area contributed by atoms with E-state index in [9.17, 15) is 9.18 Å². The molecule has 1 amide bonds. The fourth-order valence-corrected chi connectivity index (χ4v) is 3.06. The Morgan fingerprint density at radius 3 is 2.80 bits per heavy atom. The first-order valence-corrected chi connectivity index (χ1v) is 8.67. The summed E-state index contributed by atoms with van der Waals surface area (Å²) in [6, 6.07) is 7.35. The number of aryl methyl sites for hydroxylation is 2. The Morgan fingerprint density at radius 1 is 1.32 bits per heavy atom. The van der Waals surface area contributed by atoms with Gasteiger partial charge in [-0.05, 0) is 49.4 Å². The van der Waals surface area contributed by atoms with Gasteiger partial charge in [-0.25, -0.2) is 14.4 Å². The number of piperidine rings is 1. The summed E-state index contributed by atoms with van der Waals surface area (Å²) in [5, 5.41) is 3.38. The molecular weight excluding hydrogens is 319 g/mol. The molecule has 2 aromatic rings. The third-order valence-electron chi connectivity index (χ3n) is 4.65. The minimum absolute atomic E-state index is 0.140. The summed E-state index contributed by atoms with van der Waals surface area (Å²) in [4.78, 5) is 22.4. The minimum atomic E-state index is -0.207. The molecule has 0 atom stereocenters. The summed E-state index contributed by atoms with van der Waals surface area (Å²) < 4.78 is 13.6. The number of aromatic nitrogens is 2. The van der Waals surface area contributed by atoms with E-state index in [2.05, 4.69) is 15.3 Å². The first-order chi connectivity index (χ1) is 12.1. The van der Waals surface area contributed by atoms with E-state index >= 15 is 0 Å². The lowest BCUT2D eigenvalue weighted by atomic mass is 10.0. The quantitative estimate of drug-likeness (QED) is 0.908. The normalized spacial score (nSPS) is 15.2. The predicted molar refractivity (Wildman–Crippen MR) is 94.7 cm³/mol. The second kappa shape index (κ2) is 8.05. The van der Waals surface area contributed by atoms with Crippen molar-refractivity contribution in [3.8, 4) is 0 Å². The zero-order valence-corrected chi connectivity index (χ0v) is 14.4. The Labute approximate surface area is 147 Å². The molecule has 1 aromatic heterocycles. The van der Waals surface area contributed by atoms with Crippen molar-refractivity contribution in [1.29, 1.82) is 0 Å². The maximum atomic E-state index is 13.6. The van der Waals surface area contributed by atoms with Gasteiger partial charge in [0.1, 0.15) is 18.0 Å². The van der Waals surface area contributed by atoms with Crippen molar-refractivity contribution in [2.24, 2.45) is 0 Å². The molecule has 3 rings (SSSR count). The number of carbonyl (C=O) groups is 1. The summed E-state index contributed by atoms with van der Waals surface area (Å²) in [5.74, 6) is 0.754. The average Bonchev–Trinajstić information content (AvgIpc) is 2.64. The molecule has 0 bridgehead atoms. The van der Waals surface area contributed by atoms with Crippen molar-refractivity contribution in [2.45, 2.75) is 38.6 Å². The van der Waals surface area contributed by atoms with Crippen LogP contribution in [0.3, 0.4) is 0 Å². The van der Waals surface area contributed by atoms with Crippen molar-refractivity contribution >= 4 is 11.7 Å². The third-order valence-corrected chi connectivity index (χ3v) is 4.65. The van der Waals surface area contributed by atoms with Crippen LogP contribution in [0.5, 0.6) is 0 Å². The maximum absolute atomic E-state index is 13.6. The molecule has 1 aliphatic rings. The number of amides is 1. The summed E-state index contributed by atoms with van der Waals surface area (Å²) in [6.07, 6.45) is 6.03. The first-order valence-electron chi connectivity index (χ1n) is 8.67. The highest BCUT2D eigenvalue weighted by atomic mass is 19.1. The lowest BCUT2D eigenvalue weighted by Gasteiger charge is -2.32. The Bertz CT molecular complexity index is 715. The van der Waals surface area contributed by atoms with Crippen molar-refractivity contribution in [3.05, 3.63) is 53.7 Å². The van der Waals surface area contributed by atoms with Crippen LogP contribution in [0.15, 0.2) is 36.8 Å². The number of hydrogen-bond acceptors (Lipinski definition) is 4. The number of nitrogens with zero attached hydrogens (tertiary/aromatic N) is 3. The number of benzene rings is 1. The predicted octanol–water partition coefficient (Wildman–Crippen LogP) is 2.96. The maximum Gasteiger partial charge on any atom is 0.222 e. The van der Waals surface area contributed by atoms with E-state index in [4.69, 9.17) is 0 Å². The molecule has 132 valence electrons. The summed E-state index contributed by atoms with van der Waals surface area (Å²) in [5.41, 5.74) is 1.50. The van der Waals surface area contributed by atoms with Gasteiger partial charge in [0.2, 0.25) is 5.91 Å². The van der Waals surface area contributed by atoms with Gasteiger partial charge in [-0.2, -0.15) is 0 Å². The van der Waals surface area contributed by atoms with E-state index in [-0.39, 0.29) is 11.7 Å². The Hall–Kier alpha value is -2.50. The first kappa shape index (κ1) is 17.3. The molecular formula is C19H23FN4O. The molecule has 0 saturated carbocycles. The van der Waals surface area contributed by atoms with Crippen LogP contribution in [0.25, 0.3) is 0 Å². The molecule has 6 heteroatoms. The van der Waals surface area contributed by atoms with Crippen molar-refractivity contribution in [2.75, 3.05) is 18.4 Å². The SMILES string of the molecule is Cc1ccc(CCC(=O)N2CCC(Nc3ccncn3)CC2)cc1F. The van der Waals surface area contributed by atoms with Crippen molar-refractivity contribution < 1.29 is 9.18 Å². The van der Waals surface area contributed by atoms with Gasteiger partial charge in [0.05, 0.1) is 0 Å². The molecule has 2 heterocycles. The lowest BCUT2D eigenvalue weighted by molar-refractivity contribution is -0.132. The Balaban J connectivity index is 1.44. The van der Waals surface area contributed by atoms with Gasteiger partial charge in [0, 0.05) is 31.7 Å². The summed E-state index contributed by atoms with van der Waals surface area (Å²) in [6.45, 7) is 3.22. The topological polar surface area (TPSA) is 58.1 Å².